The molecule has 1 saturated heterocycles. The van der Waals surface area contributed by atoms with Crippen LogP contribution in [0.3, 0.4) is 0 Å². The van der Waals surface area contributed by atoms with Crippen molar-refractivity contribution in [1.82, 2.24) is 4.90 Å². The highest BCUT2D eigenvalue weighted by atomic mass is 35.5. The largest absolute Gasteiger partial charge is 0.490 e. The van der Waals surface area contributed by atoms with Crippen molar-refractivity contribution in [2.75, 3.05) is 25.1 Å². The molecule has 1 unspecified atom stereocenters. The number of benzene rings is 1. The SMILES string of the molecule is CCSC1=C(Cl)C=C2CN(C(=O)c3cc(S(C)(=O)=O)ccc3OC(C)C)CC2C1. The number of likely N-dealkylation sites (tertiary alicyclic amines) is 1. The third-order valence-corrected chi connectivity index (χ3v) is 7.51. The standard InChI is InChI=1S/C21H26ClNO4S2/c1-5-28-20-9-15-12-23(11-14(15)8-18(20)22)21(24)17-10-16(29(4,25)26)6-7-19(17)27-13(2)3/h6-8,10,13,15H,5,9,11-12H2,1-4H3. The minimum absolute atomic E-state index is 0.110. The fourth-order valence-corrected chi connectivity index (χ4v) is 5.50. The summed E-state index contributed by atoms with van der Waals surface area (Å²) in [6, 6.07) is 4.48. The van der Waals surface area contributed by atoms with Gasteiger partial charge in [0.05, 0.1) is 21.6 Å². The maximum atomic E-state index is 13.3. The summed E-state index contributed by atoms with van der Waals surface area (Å²) >= 11 is 8.16. The van der Waals surface area contributed by atoms with E-state index in [0.29, 0.717) is 18.8 Å². The minimum Gasteiger partial charge on any atom is -0.490 e. The number of ether oxygens (including phenoxy) is 1. The fraction of sp³-hybridized carbons (Fsp3) is 0.476. The Kier molecular flexibility index (Phi) is 6.70. The topological polar surface area (TPSA) is 63.7 Å². The quantitative estimate of drug-likeness (QED) is 0.632. The number of sulfone groups is 1. The van der Waals surface area contributed by atoms with Gasteiger partial charge in [-0.05, 0) is 55.9 Å². The molecule has 0 saturated carbocycles. The van der Waals surface area contributed by atoms with E-state index in [1.54, 1.807) is 22.7 Å². The highest BCUT2D eigenvalue weighted by molar-refractivity contribution is 8.03. The highest BCUT2D eigenvalue weighted by Gasteiger charge is 2.35. The summed E-state index contributed by atoms with van der Waals surface area (Å²) in [6.45, 7) is 6.92. The van der Waals surface area contributed by atoms with Gasteiger partial charge in [-0.2, -0.15) is 0 Å². The van der Waals surface area contributed by atoms with Gasteiger partial charge in [-0.1, -0.05) is 18.5 Å². The molecule has 3 rings (SSSR count). The number of fused-ring (bicyclic) bond motifs is 1. The molecule has 8 heteroatoms. The lowest BCUT2D eigenvalue weighted by atomic mass is 9.94. The first-order valence-electron chi connectivity index (χ1n) is 9.62. The molecular weight excluding hydrogens is 430 g/mol. The number of halogens is 1. The number of allylic oxidation sites excluding steroid dienone is 3. The molecule has 1 amide bonds. The van der Waals surface area contributed by atoms with Crippen molar-refractivity contribution in [2.45, 2.75) is 38.2 Å². The molecule has 0 N–H and O–H groups in total. The van der Waals surface area contributed by atoms with Crippen LogP contribution in [0.25, 0.3) is 0 Å². The van der Waals surface area contributed by atoms with Crippen molar-refractivity contribution in [3.63, 3.8) is 0 Å². The van der Waals surface area contributed by atoms with Crippen LogP contribution in [0, 0.1) is 5.92 Å². The molecule has 0 radical (unpaired) electrons. The molecule has 1 heterocycles. The Morgan fingerprint density at radius 3 is 2.72 bits per heavy atom. The van der Waals surface area contributed by atoms with E-state index in [1.807, 2.05) is 19.9 Å². The monoisotopic (exact) mass is 455 g/mol. The Hall–Kier alpha value is -1.44. The van der Waals surface area contributed by atoms with E-state index in [4.69, 9.17) is 16.3 Å². The first-order valence-corrected chi connectivity index (χ1v) is 12.9. The van der Waals surface area contributed by atoms with Gasteiger partial charge in [0.1, 0.15) is 5.75 Å². The van der Waals surface area contributed by atoms with Crippen molar-refractivity contribution in [3.8, 4) is 5.75 Å². The average molecular weight is 456 g/mol. The summed E-state index contributed by atoms with van der Waals surface area (Å²) in [5, 5.41) is 0.764. The Morgan fingerprint density at radius 1 is 1.38 bits per heavy atom. The van der Waals surface area contributed by atoms with Crippen LogP contribution in [0.1, 0.15) is 37.6 Å². The summed E-state index contributed by atoms with van der Waals surface area (Å²) in [5.74, 6) is 1.39. The van der Waals surface area contributed by atoms with Gasteiger partial charge in [0.25, 0.3) is 5.91 Å². The third-order valence-electron chi connectivity index (χ3n) is 4.93. The molecule has 1 atom stereocenters. The van der Waals surface area contributed by atoms with E-state index in [9.17, 15) is 13.2 Å². The van der Waals surface area contributed by atoms with Crippen LogP contribution in [0.4, 0.5) is 0 Å². The van der Waals surface area contributed by atoms with Crippen LogP contribution in [-0.4, -0.2) is 50.4 Å². The van der Waals surface area contributed by atoms with Crippen LogP contribution in [-0.2, 0) is 9.84 Å². The summed E-state index contributed by atoms with van der Waals surface area (Å²) in [7, 11) is -3.43. The Balaban J connectivity index is 1.89. The molecule has 1 aliphatic carbocycles. The molecule has 2 aliphatic rings. The predicted molar refractivity (Wildman–Crippen MR) is 118 cm³/mol. The summed E-state index contributed by atoms with van der Waals surface area (Å²) in [5.41, 5.74) is 1.43. The lowest BCUT2D eigenvalue weighted by Crippen LogP contribution is -2.29. The van der Waals surface area contributed by atoms with E-state index < -0.39 is 9.84 Å². The van der Waals surface area contributed by atoms with Gasteiger partial charge in [-0.15, -0.1) is 11.8 Å². The zero-order valence-electron chi connectivity index (χ0n) is 17.1. The van der Waals surface area contributed by atoms with Crippen molar-refractivity contribution in [2.24, 2.45) is 5.92 Å². The van der Waals surface area contributed by atoms with Crippen LogP contribution in [0.5, 0.6) is 5.75 Å². The van der Waals surface area contributed by atoms with Gasteiger partial charge < -0.3 is 9.64 Å². The zero-order chi connectivity index (χ0) is 21.3. The molecule has 1 aromatic carbocycles. The second kappa shape index (κ2) is 8.74. The third kappa shape index (κ3) is 5.01. The van der Waals surface area contributed by atoms with Gasteiger partial charge in [-0.25, -0.2) is 8.42 Å². The molecular formula is C21H26ClNO4S2. The van der Waals surface area contributed by atoms with E-state index in [0.717, 1.165) is 29.0 Å². The van der Waals surface area contributed by atoms with Gasteiger partial charge in [0.2, 0.25) is 0 Å². The van der Waals surface area contributed by atoms with E-state index in [-0.39, 0.29) is 28.4 Å². The number of amides is 1. The number of hydrogen-bond donors (Lipinski definition) is 0. The van der Waals surface area contributed by atoms with E-state index in [1.165, 1.54) is 17.0 Å². The Bertz CT molecular complexity index is 982. The van der Waals surface area contributed by atoms with Crippen molar-refractivity contribution in [1.29, 1.82) is 0 Å². The van der Waals surface area contributed by atoms with Crippen LogP contribution >= 0.6 is 23.4 Å². The van der Waals surface area contributed by atoms with E-state index >= 15 is 0 Å². The first kappa shape index (κ1) is 22.2. The summed E-state index contributed by atoms with van der Waals surface area (Å²) in [4.78, 5) is 16.4. The average Bonchev–Trinajstić information content (AvgIpc) is 3.03. The predicted octanol–water partition coefficient (Wildman–Crippen LogP) is 4.48. The van der Waals surface area contributed by atoms with Crippen molar-refractivity contribution in [3.05, 3.63) is 45.3 Å². The van der Waals surface area contributed by atoms with Crippen molar-refractivity contribution >= 4 is 39.1 Å². The zero-order valence-corrected chi connectivity index (χ0v) is 19.5. The molecule has 0 aromatic heterocycles. The Labute approximate surface area is 182 Å². The van der Waals surface area contributed by atoms with Crippen molar-refractivity contribution < 1.29 is 17.9 Å². The van der Waals surface area contributed by atoms with E-state index in [2.05, 4.69) is 6.92 Å². The van der Waals surface area contributed by atoms with Gasteiger partial charge in [-0.3, -0.25) is 4.79 Å². The molecule has 1 aromatic rings. The normalized spacial score (nSPS) is 19.4. The second-order valence-electron chi connectivity index (χ2n) is 7.61. The first-order chi connectivity index (χ1) is 13.6. The lowest BCUT2D eigenvalue weighted by Gasteiger charge is -2.21. The highest BCUT2D eigenvalue weighted by Crippen LogP contribution is 2.41. The minimum atomic E-state index is -3.43. The van der Waals surface area contributed by atoms with Crippen LogP contribution < -0.4 is 4.74 Å². The number of nitrogens with zero attached hydrogens (tertiary/aromatic N) is 1. The number of hydrogen-bond acceptors (Lipinski definition) is 5. The molecule has 0 bridgehead atoms. The maximum absolute atomic E-state index is 13.3. The van der Waals surface area contributed by atoms with Gasteiger partial charge in [0.15, 0.2) is 9.84 Å². The maximum Gasteiger partial charge on any atom is 0.257 e. The van der Waals surface area contributed by atoms with Gasteiger partial charge in [0, 0.05) is 30.2 Å². The number of carbonyl (C=O) groups excluding carboxylic acids is 1. The van der Waals surface area contributed by atoms with Crippen LogP contribution in [0.15, 0.2) is 44.7 Å². The number of rotatable bonds is 6. The van der Waals surface area contributed by atoms with Gasteiger partial charge >= 0.3 is 0 Å². The number of carbonyl (C=O) groups is 1. The second-order valence-corrected chi connectivity index (χ2v) is 11.4. The molecule has 5 nitrogen and oxygen atoms in total. The summed E-state index contributed by atoms with van der Waals surface area (Å²) < 4.78 is 29.8. The Morgan fingerprint density at radius 2 is 2.10 bits per heavy atom. The summed E-state index contributed by atoms with van der Waals surface area (Å²) in [6.07, 6.45) is 3.83. The molecule has 158 valence electrons. The van der Waals surface area contributed by atoms with Crippen LogP contribution in [0.2, 0.25) is 0 Å². The smallest absolute Gasteiger partial charge is 0.257 e. The molecule has 1 aliphatic heterocycles. The molecule has 1 fully saturated rings. The molecule has 29 heavy (non-hydrogen) atoms. The lowest BCUT2D eigenvalue weighted by molar-refractivity contribution is 0.0782. The number of thioether (sulfide) groups is 1. The fourth-order valence-electron chi connectivity index (χ4n) is 3.61. The molecule has 0 spiro atoms.